The van der Waals surface area contributed by atoms with Crippen molar-refractivity contribution in [2.24, 2.45) is 22.7 Å². The van der Waals surface area contributed by atoms with Gasteiger partial charge in [-0.25, -0.2) is 0 Å². The number of benzene rings is 2. The Morgan fingerprint density at radius 1 is 1.17 bits per heavy atom. The molecule has 1 saturated heterocycles. The third kappa shape index (κ3) is 2.72. The quantitative estimate of drug-likeness (QED) is 0.809. The summed E-state index contributed by atoms with van der Waals surface area (Å²) < 4.78 is 11.8. The fourth-order valence-electron chi connectivity index (χ4n) is 6.87. The van der Waals surface area contributed by atoms with Gasteiger partial charge in [0, 0.05) is 19.6 Å². The third-order valence-electron chi connectivity index (χ3n) is 8.25. The lowest BCUT2D eigenvalue weighted by atomic mass is 9.59. The molecule has 1 amide bonds. The number of fused-ring (bicyclic) bond motifs is 2. The third-order valence-corrected chi connectivity index (χ3v) is 8.25. The number of amides is 1. The van der Waals surface area contributed by atoms with Crippen LogP contribution in [-0.2, 0) is 9.53 Å². The van der Waals surface area contributed by atoms with Crippen LogP contribution in [0.25, 0.3) is 10.8 Å². The first-order valence-corrected chi connectivity index (χ1v) is 10.8. The van der Waals surface area contributed by atoms with E-state index in [9.17, 15) is 4.79 Å². The summed E-state index contributed by atoms with van der Waals surface area (Å²) in [5, 5.41) is 5.76. The molecule has 1 heterocycles. The van der Waals surface area contributed by atoms with Crippen LogP contribution >= 0.6 is 0 Å². The number of hydrogen-bond acceptors (Lipinski definition) is 3. The zero-order chi connectivity index (χ0) is 20.4. The SMILES string of the molecule is COc1ccc2cc([C@H]3OCC[C@@]45C[C@@H](C[C@H]34)C(C)(C)[C@@H]5NC(C)=O)ccc2c1. The molecule has 0 radical (unpaired) electrons. The molecule has 2 aromatic carbocycles. The molecule has 4 heteroatoms. The maximum absolute atomic E-state index is 12.0. The Kier molecular flexibility index (Phi) is 4.22. The molecular formula is C25H31NO3. The molecule has 29 heavy (non-hydrogen) atoms. The van der Waals surface area contributed by atoms with Crippen LogP contribution < -0.4 is 10.1 Å². The number of methoxy groups -OCH3 is 1. The maximum Gasteiger partial charge on any atom is 0.217 e. The minimum atomic E-state index is 0.0893. The predicted octanol–water partition coefficient (Wildman–Crippen LogP) is 4.87. The van der Waals surface area contributed by atoms with Gasteiger partial charge in [-0.05, 0) is 76.5 Å². The van der Waals surface area contributed by atoms with Crippen molar-refractivity contribution in [1.82, 2.24) is 5.32 Å². The van der Waals surface area contributed by atoms with Crippen LogP contribution in [0.15, 0.2) is 36.4 Å². The van der Waals surface area contributed by atoms with Crippen LogP contribution in [0.4, 0.5) is 0 Å². The van der Waals surface area contributed by atoms with Gasteiger partial charge in [-0.1, -0.05) is 32.0 Å². The molecule has 0 unspecified atom stereocenters. The zero-order valence-corrected chi connectivity index (χ0v) is 17.8. The molecule has 2 saturated carbocycles. The molecule has 3 aliphatic rings. The highest BCUT2D eigenvalue weighted by Crippen LogP contribution is 2.70. The highest BCUT2D eigenvalue weighted by Gasteiger charge is 2.68. The van der Waals surface area contributed by atoms with E-state index in [2.05, 4.69) is 49.5 Å². The van der Waals surface area contributed by atoms with Crippen LogP contribution in [0.5, 0.6) is 5.75 Å². The summed E-state index contributed by atoms with van der Waals surface area (Å²) in [4.78, 5) is 12.0. The van der Waals surface area contributed by atoms with Crippen molar-refractivity contribution < 1.29 is 14.3 Å². The summed E-state index contributed by atoms with van der Waals surface area (Å²) in [6, 6.07) is 13.1. The van der Waals surface area contributed by atoms with E-state index in [1.807, 2.05) is 6.07 Å². The molecule has 2 bridgehead atoms. The van der Waals surface area contributed by atoms with E-state index in [0.29, 0.717) is 11.8 Å². The molecule has 3 fully saturated rings. The van der Waals surface area contributed by atoms with E-state index in [4.69, 9.17) is 9.47 Å². The average Bonchev–Trinajstić information content (AvgIpc) is 3.19. The van der Waals surface area contributed by atoms with Crippen LogP contribution in [-0.4, -0.2) is 25.7 Å². The Labute approximate surface area is 173 Å². The van der Waals surface area contributed by atoms with Gasteiger partial charge in [0.25, 0.3) is 0 Å². The van der Waals surface area contributed by atoms with Gasteiger partial charge in [-0.2, -0.15) is 0 Å². The number of rotatable bonds is 3. The zero-order valence-electron chi connectivity index (χ0n) is 17.8. The topological polar surface area (TPSA) is 47.6 Å². The van der Waals surface area contributed by atoms with Gasteiger partial charge in [0.15, 0.2) is 0 Å². The number of carbonyl (C=O) groups excluding carboxylic acids is 1. The number of nitrogens with one attached hydrogen (secondary N) is 1. The summed E-state index contributed by atoms with van der Waals surface area (Å²) in [5.74, 6) is 2.07. The predicted molar refractivity (Wildman–Crippen MR) is 114 cm³/mol. The summed E-state index contributed by atoms with van der Waals surface area (Å²) in [7, 11) is 1.70. The molecule has 2 aliphatic carbocycles. The van der Waals surface area contributed by atoms with Crippen molar-refractivity contribution in [1.29, 1.82) is 0 Å². The van der Waals surface area contributed by atoms with E-state index >= 15 is 0 Å². The monoisotopic (exact) mass is 393 g/mol. The largest absolute Gasteiger partial charge is 0.497 e. The maximum atomic E-state index is 12.0. The van der Waals surface area contributed by atoms with Crippen molar-refractivity contribution in [3.05, 3.63) is 42.0 Å². The fourth-order valence-corrected chi connectivity index (χ4v) is 6.87. The standard InChI is InChI=1S/C25H31NO3/c1-15(27)26-23-24(2,3)19-13-21-22(29-10-9-25(21,23)14-19)18-6-5-17-12-20(28-4)8-7-16(17)11-18/h5-8,11-12,19,21-23H,9-10,13-14H2,1-4H3,(H,26,27)/t19-,21-,22-,23+,25-/m1/s1. The molecule has 5 atom stereocenters. The number of ether oxygens (including phenoxy) is 2. The van der Waals surface area contributed by atoms with Gasteiger partial charge in [-0.3, -0.25) is 4.79 Å². The minimum Gasteiger partial charge on any atom is -0.497 e. The van der Waals surface area contributed by atoms with Crippen molar-refractivity contribution in [3.63, 3.8) is 0 Å². The Balaban J connectivity index is 1.52. The van der Waals surface area contributed by atoms with Crippen molar-refractivity contribution in [3.8, 4) is 5.75 Å². The second-order valence-corrected chi connectivity index (χ2v) is 9.95. The average molecular weight is 394 g/mol. The Hall–Kier alpha value is -2.07. The van der Waals surface area contributed by atoms with E-state index < -0.39 is 0 Å². The highest BCUT2D eigenvalue weighted by molar-refractivity contribution is 5.84. The lowest BCUT2D eigenvalue weighted by Gasteiger charge is -2.53. The molecule has 154 valence electrons. The van der Waals surface area contributed by atoms with Gasteiger partial charge >= 0.3 is 0 Å². The van der Waals surface area contributed by atoms with Crippen molar-refractivity contribution in [2.75, 3.05) is 13.7 Å². The van der Waals surface area contributed by atoms with E-state index in [1.165, 1.54) is 29.2 Å². The van der Waals surface area contributed by atoms with E-state index in [0.717, 1.165) is 18.8 Å². The van der Waals surface area contributed by atoms with Gasteiger partial charge < -0.3 is 14.8 Å². The highest BCUT2D eigenvalue weighted by atomic mass is 16.5. The summed E-state index contributed by atoms with van der Waals surface area (Å²) in [5.41, 5.74) is 1.56. The molecule has 1 N–H and O–H groups in total. The summed E-state index contributed by atoms with van der Waals surface area (Å²) in [6.45, 7) is 7.11. The molecule has 5 rings (SSSR count). The van der Waals surface area contributed by atoms with E-state index in [1.54, 1.807) is 14.0 Å². The first kappa shape index (κ1) is 18.9. The fraction of sp³-hybridized carbons (Fsp3) is 0.560. The van der Waals surface area contributed by atoms with Crippen LogP contribution in [0.1, 0.15) is 51.7 Å². The van der Waals surface area contributed by atoms with Gasteiger partial charge in [0.1, 0.15) is 5.75 Å². The van der Waals surface area contributed by atoms with Crippen LogP contribution in [0.2, 0.25) is 0 Å². The number of carbonyl (C=O) groups is 1. The Bertz CT molecular complexity index is 968. The molecule has 0 aromatic heterocycles. The van der Waals surface area contributed by atoms with Crippen molar-refractivity contribution in [2.45, 2.75) is 52.2 Å². The first-order chi connectivity index (χ1) is 13.8. The molecule has 1 aliphatic heterocycles. The first-order valence-electron chi connectivity index (χ1n) is 10.8. The van der Waals surface area contributed by atoms with Gasteiger partial charge in [-0.15, -0.1) is 0 Å². The minimum absolute atomic E-state index is 0.0893. The Morgan fingerprint density at radius 2 is 1.93 bits per heavy atom. The molecular weight excluding hydrogens is 362 g/mol. The van der Waals surface area contributed by atoms with E-state index in [-0.39, 0.29) is 28.9 Å². The Morgan fingerprint density at radius 3 is 2.69 bits per heavy atom. The van der Waals surface area contributed by atoms with Crippen molar-refractivity contribution >= 4 is 16.7 Å². The molecule has 2 aromatic rings. The van der Waals surface area contributed by atoms with Crippen LogP contribution in [0.3, 0.4) is 0 Å². The van der Waals surface area contributed by atoms with Gasteiger partial charge in [0.2, 0.25) is 5.91 Å². The summed E-state index contributed by atoms with van der Waals surface area (Å²) >= 11 is 0. The normalized spacial score (nSPS) is 34.8. The second kappa shape index (κ2) is 6.46. The molecule has 4 nitrogen and oxygen atoms in total. The smallest absolute Gasteiger partial charge is 0.217 e. The van der Waals surface area contributed by atoms with Crippen LogP contribution in [0, 0.1) is 22.7 Å². The number of hydrogen-bond donors (Lipinski definition) is 1. The second-order valence-electron chi connectivity index (χ2n) is 9.95. The lowest BCUT2D eigenvalue weighted by molar-refractivity contribution is -0.135. The summed E-state index contributed by atoms with van der Waals surface area (Å²) in [6.07, 6.45) is 3.55. The molecule has 1 spiro atoms. The lowest BCUT2D eigenvalue weighted by Crippen LogP contribution is -2.58. The van der Waals surface area contributed by atoms with Gasteiger partial charge in [0.05, 0.1) is 13.2 Å².